The number of carboxylic acids is 1. The second-order valence-electron chi connectivity index (χ2n) is 5.90. The van der Waals surface area contributed by atoms with Crippen molar-refractivity contribution >= 4 is 39.8 Å². The van der Waals surface area contributed by atoms with Gasteiger partial charge >= 0.3 is 5.97 Å². The van der Waals surface area contributed by atoms with E-state index in [1.54, 1.807) is 0 Å². The van der Waals surface area contributed by atoms with Crippen LogP contribution in [-0.2, 0) is 13.5 Å². The van der Waals surface area contributed by atoms with Crippen LogP contribution in [0.3, 0.4) is 0 Å². The molecule has 0 spiro atoms. The molecule has 7 nitrogen and oxygen atoms in total. The predicted octanol–water partition coefficient (Wildman–Crippen LogP) is 4.09. The molecule has 2 N–H and O–H groups in total. The molecule has 0 bridgehead atoms. The minimum Gasteiger partial charge on any atom is -0.478 e. The molecule has 0 aliphatic carbocycles. The molecule has 0 fully saturated rings. The molecule has 134 valence electrons. The largest absolute Gasteiger partial charge is 0.478 e. The van der Waals surface area contributed by atoms with Crippen LogP contribution >= 0.6 is 11.6 Å². The molecule has 3 aromatic rings. The van der Waals surface area contributed by atoms with Gasteiger partial charge in [0.05, 0.1) is 10.5 Å². The van der Waals surface area contributed by atoms with Gasteiger partial charge in [0.25, 0.3) is 5.69 Å². The van der Waals surface area contributed by atoms with Gasteiger partial charge in [-0.1, -0.05) is 11.6 Å². The van der Waals surface area contributed by atoms with E-state index in [1.165, 1.54) is 12.1 Å². The van der Waals surface area contributed by atoms with E-state index in [-0.39, 0.29) is 11.3 Å². The normalized spacial score (nSPS) is 10.8. The van der Waals surface area contributed by atoms with E-state index in [1.807, 2.05) is 36.0 Å². The van der Waals surface area contributed by atoms with Crippen molar-refractivity contribution in [1.82, 2.24) is 4.57 Å². The summed E-state index contributed by atoms with van der Waals surface area (Å²) in [6, 6.07) is 9.45. The van der Waals surface area contributed by atoms with Gasteiger partial charge in [-0.25, -0.2) is 4.79 Å². The third-order valence-electron chi connectivity index (χ3n) is 4.19. The molecule has 0 aliphatic rings. The average molecular weight is 374 g/mol. The summed E-state index contributed by atoms with van der Waals surface area (Å²) in [6.45, 7) is 0.476. The smallest absolute Gasteiger partial charge is 0.338 e. The van der Waals surface area contributed by atoms with Crippen molar-refractivity contribution in [3.05, 3.63) is 68.9 Å². The lowest BCUT2D eigenvalue weighted by Crippen LogP contribution is -2.10. The highest BCUT2D eigenvalue weighted by atomic mass is 35.5. The van der Waals surface area contributed by atoms with Crippen molar-refractivity contribution in [3.8, 4) is 0 Å². The van der Waals surface area contributed by atoms with Crippen molar-refractivity contribution < 1.29 is 14.8 Å². The fourth-order valence-electron chi connectivity index (χ4n) is 2.95. The Morgan fingerprint density at radius 3 is 2.77 bits per heavy atom. The number of non-ortho nitro benzene ring substituents is 1. The number of hydrogen-bond acceptors (Lipinski definition) is 4. The number of aryl methyl sites for hydroxylation is 1. The number of nitro groups is 1. The molecule has 0 amide bonds. The highest BCUT2D eigenvalue weighted by Gasteiger charge is 2.16. The summed E-state index contributed by atoms with van der Waals surface area (Å²) < 4.78 is 2.01. The van der Waals surface area contributed by atoms with Crippen LogP contribution in [0.1, 0.15) is 15.9 Å². The number of aromatic nitrogens is 1. The maximum Gasteiger partial charge on any atom is 0.338 e. The number of hydrogen-bond donors (Lipinski definition) is 2. The first kappa shape index (κ1) is 17.8. The SMILES string of the molecule is Cn1cc(CCNc2ccc([N+](=O)[O-])cc2C(=O)O)c2cc(Cl)ccc21. The molecule has 1 heterocycles. The van der Waals surface area contributed by atoms with E-state index in [0.29, 0.717) is 23.7 Å². The first-order valence-corrected chi connectivity index (χ1v) is 8.23. The van der Waals surface area contributed by atoms with Crippen LogP contribution in [0.4, 0.5) is 11.4 Å². The number of nitrogens with zero attached hydrogens (tertiary/aromatic N) is 2. The van der Waals surface area contributed by atoms with Crippen LogP contribution in [0, 0.1) is 10.1 Å². The number of aromatic carboxylic acids is 1. The molecule has 8 heteroatoms. The summed E-state index contributed by atoms with van der Waals surface area (Å²) in [7, 11) is 1.95. The molecule has 0 unspecified atom stereocenters. The molecule has 2 aromatic carbocycles. The van der Waals surface area contributed by atoms with Crippen molar-refractivity contribution in [2.75, 3.05) is 11.9 Å². The molecule has 0 radical (unpaired) electrons. The first-order chi connectivity index (χ1) is 12.4. The summed E-state index contributed by atoms with van der Waals surface area (Å²) in [5.41, 5.74) is 2.11. The summed E-state index contributed by atoms with van der Waals surface area (Å²) in [5, 5.41) is 24.9. The second kappa shape index (κ2) is 7.05. The number of carbonyl (C=O) groups is 1. The summed E-state index contributed by atoms with van der Waals surface area (Å²) in [4.78, 5) is 21.6. The number of rotatable bonds is 6. The van der Waals surface area contributed by atoms with Crippen LogP contribution in [0.2, 0.25) is 5.02 Å². The van der Waals surface area contributed by atoms with E-state index in [2.05, 4.69) is 5.32 Å². The molecule has 3 rings (SSSR count). The number of carboxylic acid groups (broad SMARTS) is 1. The standard InChI is InChI=1S/C18H16ClN3O4/c1-21-10-11(14-8-12(19)2-5-17(14)21)6-7-20-16-4-3-13(22(25)26)9-15(16)18(23)24/h2-5,8-10,20H,6-7H2,1H3,(H,23,24). The third kappa shape index (κ3) is 3.48. The van der Waals surface area contributed by atoms with Gasteiger partial charge in [-0.3, -0.25) is 10.1 Å². The Bertz CT molecular complexity index is 1010. The van der Waals surface area contributed by atoms with Gasteiger partial charge in [-0.15, -0.1) is 0 Å². The monoisotopic (exact) mass is 373 g/mol. The van der Waals surface area contributed by atoms with Crippen LogP contribution in [-0.4, -0.2) is 27.1 Å². The summed E-state index contributed by atoms with van der Waals surface area (Å²) in [6.07, 6.45) is 2.66. The highest BCUT2D eigenvalue weighted by Crippen LogP contribution is 2.26. The highest BCUT2D eigenvalue weighted by molar-refractivity contribution is 6.31. The Morgan fingerprint density at radius 2 is 2.08 bits per heavy atom. The molecule has 26 heavy (non-hydrogen) atoms. The Kier molecular flexibility index (Phi) is 4.81. The molecule has 0 saturated heterocycles. The zero-order valence-electron chi connectivity index (χ0n) is 13.9. The number of nitro benzene ring substituents is 1. The quantitative estimate of drug-likeness (QED) is 0.501. The number of nitrogens with one attached hydrogen (secondary N) is 1. The lowest BCUT2D eigenvalue weighted by atomic mass is 10.1. The van der Waals surface area contributed by atoms with Gasteiger partial charge in [-0.2, -0.15) is 0 Å². The minimum atomic E-state index is -1.21. The van der Waals surface area contributed by atoms with Gasteiger partial charge in [0.2, 0.25) is 0 Å². The average Bonchev–Trinajstić information content (AvgIpc) is 2.90. The fraction of sp³-hybridized carbons (Fsp3) is 0.167. The van der Waals surface area contributed by atoms with E-state index in [4.69, 9.17) is 11.6 Å². The Hall–Kier alpha value is -3.06. The lowest BCUT2D eigenvalue weighted by molar-refractivity contribution is -0.384. The van der Waals surface area contributed by atoms with E-state index >= 15 is 0 Å². The maximum absolute atomic E-state index is 11.4. The van der Waals surface area contributed by atoms with Crippen LogP contribution in [0.5, 0.6) is 0 Å². The second-order valence-corrected chi connectivity index (χ2v) is 6.33. The Labute approximate surface area is 154 Å². The van der Waals surface area contributed by atoms with Crippen molar-refractivity contribution in [2.45, 2.75) is 6.42 Å². The zero-order chi connectivity index (χ0) is 18.8. The zero-order valence-corrected chi connectivity index (χ0v) is 14.7. The minimum absolute atomic E-state index is 0.125. The van der Waals surface area contributed by atoms with Gasteiger partial charge in [0.15, 0.2) is 0 Å². The number of anilines is 1. The summed E-state index contributed by atoms with van der Waals surface area (Å²) >= 11 is 6.08. The molecular formula is C18H16ClN3O4. The van der Waals surface area contributed by atoms with Gasteiger partial charge in [0.1, 0.15) is 0 Å². The topological polar surface area (TPSA) is 97.4 Å². The van der Waals surface area contributed by atoms with E-state index < -0.39 is 10.9 Å². The van der Waals surface area contributed by atoms with Crippen molar-refractivity contribution in [3.63, 3.8) is 0 Å². The van der Waals surface area contributed by atoms with Crippen molar-refractivity contribution in [2.24, 2.45) is 7.05 Å². The van der Waals surface area contributed by atoms with E-state index in [9.17, 15) is 20.0 Å². The number of benzene rings is 2. The molecule has 0 saturated carbocycles. The van der Waals surface area contributed by atoms with E-state index in [0.717, 1.165) is 22.5 Å². The fourth-order valence-corrected chi connectivity index (χ4v) is 3.13. The third-order valence-corrected chi connectivity index (χ3v) is 4.42. The van der Waals surface area contributed by atoms with Gasteiger partial charge < -0.3 is 15.0 Å². The summed E-state index contributed by atoms with van der Waals surface area (Å²) in [5.74, 6) is -1.21. The molecule has 0 aliphatic heterocycles. The van der Waals surface area contributed by atoms with Crippen LogP contribution < -0.4 is 5.32 Å². The number of fused-ring (bicyclic) bond motifs is 1. The van der Waals surface area contributed by atoms with Gasteiger partial charge in [0, 0.05) is 53.5 Å². The van der Waals surface area contributed by atoms with Crippen LogP contribution in [0.25, 0.3) is 10.9 Å². The van der Waals surface area contributed by atoms with Gasteiger partial charge in [-0.05, 0) is 36.2 Å². The van der Waals surface area contributed by atoms with Crippen molar-refractivity contribution in [1.29, 1.82) is 0 Å². The Morgan fingerprint density at radius 1 is 1.31 bits per heavy atom. The van der Waals surface area contributed by atoms with Crippen LogP contribution in [0.15, 0.2) is 42.6 Å². The maximum atomic E-state index is 11.4. The first-order valence-electron chi connectivity index (χ1n) is 7.86. The molecule has 1 aromatic heterocycles. The molecular weight excluding hydrogens is 358 g/mol. The molecule has 0 atom stereocenters. The number of halogens is 1. The lowest BCUT2D eigenvalue weighted by Gasteiger charge is -2.09. The Balaban J connectivity index is 1.79. The predicted molar refractivity (Wildman–Crippen MR) is 100 cm³/mol.